The Kier molecular flexibility index (Phi) is 4.00. The molecule has 0 amide bonds. The highest BCUT2D eigenvalue weighted by Crippen LogP contribution is 2.27. The zero-order chi connectivity index (χ0) is 15.5. The van der Waals surface area contributed by atoms with E-state index in [1.165, 1.54) is 18.5 Å². The van der Waals surface area contributed by atoms with Crippen molar-refractivity contribution in [2.45, 2.75) is 4.90 Å². The third kappa shape index (κ3) is 3.24. The third-order valence-electron chi connectivity index (χ3n) is 2.54. The summed E-state index contributed by atoms with van der Waals surface area (Å²) in [7, 11) is -3.90. The van der Waals surface area contributed by atoms with E-state index >= 15 is 0 Å². The summed E-state index contributed by atoms with van der Waals surface area (Å²) in [5.74, 6) is 5.17. The van der Waals surface area contributed by atoms with E-state index in [4.69, 9.17) is 5.84 Å². The number of aromatic nitrogens is 1. The zero-order valence-electron chi connectivity index (χ0n) is 10.6. The van der Waals surface area contributed by atoms with Crippen molar-refractivity contribution in [2.75, 3.05) is 10.1 Å². The maximum Gasteiger partial charge on any atom is 0.293 e. The van der Waals surface area contributed by atoms with E-state index in [2.05, 4.69) is 15.1 Å². The van der Waals surface area contributed by atoms with E-state index < -0.39 is 14.9 Å². The number of benzene rings is 1. The van der Waals surface area contributed by atoms with Crippen molar-refractivity contribution in [2.24, 2.45) is 5.84 Å². The van der Waals surface area contributed by atoms with Gasteiger partial charge in [0.25, 0.3) is 15.7 Å². The number of nitrogens with zero attached hydrogens (tertiary/aromatic N) is 2. The number of nitro groups is 1. The Hall–Kier alpha value is -2.72. The van der Waals surface area contributed by atoms with Crippen molar-refractivity contribution >= 4 is 27.1 Å². The average molecular weight is 309 g/mol. The Morgan fingerprint density at radius 2 is 2.05 bits per heavy atom. The van der Waals surface area contributed by atoms with Crippen LogP contribution in [0.25, 0.3) is 0 Å². The van der Waals surface area contributed by atoms with Crippen LogP contribution in [0.2, 0.25) is 0 Å². The first kappa shape index (κ1) is 14.7. The predicted molar refractivity (Wildman–Crippen MR) is 76.0 cm³/mol. The number of anilines is 2. The molecule has 0 saturated carbocycles. The number of pyridine rings is 1. The van der Waals surface area contributed by atoms with Gasteiger partial charge >= 0.3 is 0 Å². The first-order chi connectivity index (χ1) is 9.94. The van der Waals surface area contributed by atoms with E-state index in [0.29, 0.717) is 0 Å². The zero-order valence-corrected chi connectivity index (χ0v) is 11.4. The van der Waals surface area contributed by atoms with Crippen LogP contribution in [0.15, 0.2) is 47.6 Å². The molecule has 1 aromatic carbocycles. The van der Waals surface area contributed by atoms with Gasteiger partial charge < -0.3 is 5.43 Å². The molecule has 10 heteroatoms. The SMILES string of the molecule is NNc1cc(S(=O)(=O)Nc2cccnc2)ccc1[N+](=O)[O-]. The molecule has 0 aliphatic heterocycles. The number of nitrogen functional groups attached to an aromatic ring is 1. The van der Waals surface area contributed by atoms with E-state index in [9.17, 15) is 18.5 Å². The molecule has 2 aromatic rings. The summed E-state index contributed by atoms with van der Waals surface area (Å²) in [4.78, 5) is 13.7. The van der Waals surface area contributed by atoms with Gasteiger partial charge in [-0.3, -0.25) is 25.7 Å². The lowest BCUT2D eigenvalue weighted by Gasteiger charge is -2.09. The minimum atomic E-state index is -3.90. The maximum atomic E-state index is 12.2. The summed E-state index contributed by atoms with van der Waals surface area (Å²) in [6.45, 7) is 0. The monoisotopic (exact) mass is 309 g/mol. The van der Waals surface area contributed by atoms with Gasteiger partial charge in [0.2, 0.25) is 0 Å². The van der Waals surface area contributed by atoms with Crippen LogP contribution in [0.3, 0.4) is 0 Å². The second-order valence-corrected chi connectivity index (χ2v) is 5.61. The first-order valence-corrected chi connectivity index (χ1v) is 7.10. The van der Waals surface area contributed by atoms with Crippen LogP contribution in [0.1, 0.15) is 0 Å². The molecule has 21 heavy (non-hydrogen) atoms. The van der Waals surface area contributed by atoms with Gasteiger partial charge in [0.15, 0.2) is 0 Å². The molecule has 0 bridgehead atoms. The van der Waals surface area contributed by atoms with Gasteiger partial charge in [-0.25, -0.2) is 8.42 Å². The number of hydrazine groups is 1. The lowest BCUT2D eigenvalue weighted by Crippen LogP contribution is -2.15. The summed E-state index contributed by atoms with van der Waals surface area (Å²) >= 11 is 0. The molecule has 0 fully saturated rings. The smallest absolute Gasteiger partial charge is 0.293 e. The Bertz CT molecular complexity index is 763. The van der Waals surface area contributed by atoms with Crippen molar-refractivity contribution in [1.29, 1.82) is 0 Å². The van der Waals surface area contributed by atoms with Gasteiger partial charge in [-0.2, -0.15) is 0 Å². The molecule has 2 rings (SSSR count). The number of hydrogen-bond donors (Lipinski definition) is 3. The molecule has 0 aliphatic rings. The lowest BCUT2D eigenvalue weighted by molar-refractivity contribution is -0.384. The third-order valence-corrected chi connectivity index (χ3v) is 3.92. The molecule has 0 unspecified atom stereocenters. The van der Waals surface area contributed by atoms with Crippen LogP contribution in [0.5, 0.6) is 0 Å². The van der Waals surface area contributed by atoms with Gasteiger partial charge in [-0.15, -0.1) is 0 Å². The number of hydrogen-bond acceptors (Lipinski definition) is 7. The number of nitrogens with two attached hydrogens (primary N) is 1. The van der Waals surface area contributed by atoms with Gasteiger partial charge in [-0.05, 0) is 24.3 Å². The largest absolute Gasteiger partial charge is 0.318 e. The van der Waals surface area contributed by atoms with Crippen molar-refractivity contribution < 1.29 is 13.3 Å². The minimum Gasteiger partial charge on any atom is -0.318 e. The Morgan fingerprint density at radius 3 is 2.62 bits per heavy atom. The summed E-state index contributed by atoms with van der Waals surface area (Å²) in [6.07, 6.45) is 2.84. The topological polar surface area (TPSA) is 140 Å². The predicted octanol–water partition coefficient (Wildman–Crippen LogP) is 1.08. The second-order valence-electron chi connectivity index (χ2n) is 3.93. The van der Waals surface area contributed by atoms with Crippen LogP contribution < -0.4 is 16.0 Å². The fourth-order valence-corrected chi connectivity index (χ4v) is 2.66. The highest BCUT2D eigenvalue weighted by Gasteiger charge is 2.20. The van der Waals surface area contributed by atoms with Crippen molar-refractivity contribution in [3.05, 3.63) is 52.8 Å². The molecule has 110 valence electrons. The summed E-state index contributed by atoms with van der Waals surface area (Å²) in [6, 6.07) is 6.36. The van der Waals surface area contributed by atoms with Gasteiger partial charge in [0.1, 0.15) is 5.69 Å². The quantitative estimate of drug-likeness (QED) is 0.426. The highest BCUT2D eigenvalue weighted by molar-refractivity contribution is 7.92. The normalized spacial score (nSPS) is 10.9. The Balaban J connectivity index is 2.39. The molecule has 9 nitrogen and oxygen atoms in total. The molecule has 0 spiro atoms. The lowest BCUT2D eigenvalue weighted by atomic mass is 10.3. The van der Waals surface area contributed by atoms with Crippen molar-refractivity contribution in [3.63, 3.8) is 0 Å². The molecule has 4 N–H and O–H groups in total. The van der Waals surface area contributed by atoms with Crippen LogP contribution in [-0.2, 0) is 10.0 Å². The molecular weight excluding hydrogens is 298 g/mol. The van der Waals surface area contributed by atoms with E-state index in [1.54, 1.807) is 6.07 Å². The summed E-state index contributed by atoms with van der Waals surface area (Å²) in [5, 5.41) is 10.8. The number of sulfonamides is 1. The molecule has 0 radical (unpaired) electrons. The van der Waals surface area contributed by atoms with E-state index in [1.807, 2.05) is 0 Å². The molecule has 1 aromatic heterocycles. The summed E-state index contributed by atoms with van der Waals surface area (Å²) in [5.41, 5.74) is 1.96. The molecular formula is C11H11N5O4S. The van der Waals surface area contributed by atoms with Crippen LogP contribution in [0.4, 0.5) is 17.1 Å². The number of nitrogens with one attached hydrogen (secondary N) is 2. The van der Waals surface area contributed by atoms with Gasteiger partial charge in [0.05, 0.1) is 21.7 Å². The standard InChI is InChI=1S/C11H11N5O4S/c12-14-10-6-9(3-4-11(10)16(17)18)21(19,20)15-8-2-1-5-13-7-8/h1-7,14-15H,12H2. The number of nitro benzene ring substituents is 1. The van der Waals surface area contributed by atoms with Gasteiger partial charge in [0, 0.05) is 12.3 Å². The maximum absolute atomic E-state index is 12.2. The molecule has 0 aliphatic carbocycles. The average Bonchev–Trinajstić information content (AvgIpc) is 2.47. The molecule has 1 heterocycles. The second kappa shape index (κ2) is 5.73. The molecule has 0 saturated heterocycles. The first-order valence-electron chi connectivity index (χ1n) is 5.62. The van der Waals surface area contributed by atoms with Crippen LogP contribution in [0, 0.1) is 10.1 Å². The number of rotatable bonds is 5. The fraction of sp³-hybridized carbons (Fsp3) is 0. The van der Waals surface area contributed by atoms with Crippen LogP contribution >= 0.6 is 0 Å². The highest BCUT2D eigenvalue weighted by atomic mass is 32.2. The minimum absolute atomic E-state index is 0.103. The fourth-order valence-electron chi connectivity index (χ4n) is 1.59. The Labute approximate surface area is 120 Å². The molecule has 0 atom stereocenters. The van der Waals surface area contributed by atoms with Crippen molar-refractivity contribution in [1.82, 2.24) is 4.98 Å². The Morgan fingerprint density at radius 1 is 1.29 bits per heavy atom. The van der Waals surface area contributed by atoms with Gasteiger partial charge in [-0.1, -0.05) is 0 Å². The summed E-state index contributed by atoms with van der Waals surface area (Å²) < 4.78 is 26.7. The van der Waals surface area contributed by atoms with E-state index in [0.717, 1.165) is 18.2 Å². The van der Waals surface area contributed by atoms with E-state index in [-0.39, 0.29) is 22.0 Å². The van der Waals surface area contributed by atoms with Crippen molar-refractivity contribution in [3.8, 4) is 0 Å². The van der Waals surface area contributed by atoms with Crippen LogP contribution in [-0.4, -0.2) is 18.3 Å².